The fourth-order valence-corrected chi connectivity index (χ4v) is 1.44. The number of rotatable bonds is 5. The van der Waals surface area contributed by atoms with Gasteiger partial charge >= 0.3 is 0 Å². The Bertz CT molecular complexity index is 292. The van der Waals surface area contributed by atoms with E-state index < -0.39 is 0 Å². The van der Waals surface area contributed by atoms with Gasteiger partial charge in [-0.05, 0) is 30.0 Å². The van der Waals surface area contributed by atoms with Gasteiger partial charge in [0.25, 0.3) is 0 Å². The van der Waals surface area contributed by atoms with Crippen molar-refractivity contribution in [3.63, 3.8) is 0 Å². The Morgan fingerprint density at radius 2 is 2.07 bits per heavy atom. The highest BCUT2D eigenvalue weighted by Gasteiger charge is 2.06. The van der Waals surface area contributed by atoms with Crippen molar-refractivity contribution in [2.24, 2.45) is 5.73 Å². The molecular formula is C13H21NO. The Kier molecular flexibility index (Phi) is 4.63. The van der Waals surface area contributed by atoms with Crippen LogP contribution in [0, 0.1) is 0 Å². The lowest BCUT2D eigenvalue weighted by atomic mass is 10.0. The molecular weight excluding hydrogens is 186 g/mol. The van der Waals surface area contributed by atoms with Crippen LogP contribution in [0.15, 0.2) is 24.3 Å². The zero-order valence-electron chi connectivity index (χ0n) is 9.86. The van der Waals surface area contributed by atoms with Gasteiger partial charge in [0.1, 0.15) is 11.9 Å². The van der Waals surface area contributed by atoms with E-state index in [-0.39, 0.29) is 6.10 Å². The number of nitrogens with two attached hydrogens (primary N) is 1. The first kappa shape index (κ1) is 12.1. The molecule has 0 spiro atoms. The Hall–Kier alpha value is -1.02. The second-order valence-corrected chi connectivity index (χ2v) is 4.11. The summed E-state index contributed by atoms with van der Waals surface area (Å²) in [6.07, 6.45) is 1.08. The van der Waals surface area contributed by atoms with Crippen LogP contribution in [-0.2, 0) is 0 Å². The lowest BCUT2D eigenvalue weighted by Crippen LogP contribution is -2.25. The first-order valence-electron chi connectivity index (χ1n) is 5.64. The SMILES string of the molecule is CCC(CN)Oc1cccc(C(C)C)c1. The molecule has 1 atom stereocenters. The lowest BCUT2D eigenvalue weighted by Gasteiger charge is -2.16. The Balaban J connectivity index is 2.72. The van der Waals surface area contributed by atoms with E-state index in [4.69, 9.17) is 10.5 Å². The van der Waals surface area contributed by atoms with Gasteiger partial charge in [0.15, 0.2) is 0 Å². The molecule has 84 valence electrons. The van der Waals surface area contributed by atoms with Crippen LogP contribution in [0.3, 0.4) is 0 Å². The van der Waals surface area contributed by atoms with Gasteiger partial charge in [-0.25, -0.2) is 0 Å². The number of hydrogen-bond donors (Lipinski definition) is 1. The maximum atomic E-state index is 5.78. The van der Waals surface area contributed by atoms with E-state index in [2.05, 4.69) is 32.9 Å². The Morgan fingerprint density at radius 3 is 2.60 bits per heavy atom. The van der Waals surface area contributed by atoms with Gasteiger partial charge < -0.3 is 10.5 Å². The maximum Gasteiger partial charge on any atom is 0.120 e. The second kappa shape index (κ2) is 5.76. The van der Waals surface area contributed by atoms with Gasteiger partial charge in [0.05, 0.1) is 0 Å². The van der Waals surface area contributed by atoms with E-state index in [1.165, 1.54) is 5.56 Å². The highest BCUT2D eigenvalue weighted by molar-refractivity contribution is 5.30. The van der Waals surface area contributed by atoms with E-state index in [0.29, 0.717) is 12.5 Å². The third-order valence-corrected chi connectivity index (χ3v) is 2.55. The summed E-state index contributed by atoms with van der Waals surface area (Å²) in [4.78, 5) is 0. The van der Waals surface area contributed by atoms with E-state index in [9.17, 15) is 0 Å². The fraction of sp³-hybridized carbons (Fsp3) is 0.538. The quantitative estimate of drug-likeness (QED) is 0.805. The molecule has 0 aliphatic rings. The third kappa shape index (κ3) is 3.56. The van der Waals surface area contributed by atoms with Crippen LogP contribution in [0.2, 0.25) is 0 Å². The molecule has 15 heavy (non-hydrogen) atoms. The minimum atomic E-state index is 0.132. The van der Waals surface area contributed by atoms with Crippen molar-refractivity contribution in [3.8, 4) is 5.75 Å². The maximum absolute atomic E-state index is 5.78. The topological polar surface area (TPSA) is 35.2 Å². The molecule has 0 amide bonds. The molecule has 0 fully saturated rings. The number of ether oxygens (including phenoxy) is 1. The molecule has 0 saturated heterocycles. The van der Waals surface area contributed by atoms with E-state index in [0.717, 1.165) is 12.2 Å². The van der Waals surface area contributed by atoms with Crippen molar-refractivity contribution in [1.29, 1.82) is 0 Å². The van der Waals surface area contributed by atoms with Crippen LogP contribution in [-0.4, -0.2) is 12.6 Å². The zero-order valence-corrected chi connectivity index (χ0v) is 9.86. The van der Waals surface area contributed by atoms with Crippen LogP contribution >= 0.6 is 0 Å². The van der Waals surface area contributed by atoms with Gasteiger partial charge in [-0.3, -0.25) is 0 Å². The largest absolute Gasteiger partial charge is 0.489 e. The average molecular weight is 207 g/mol. The van der Waals surface area contributed by atoms with Crippen molar-refractivity contribution in [2.45, 2.75) is 39.2 Å². The molecule has 1 aromatic carbocycles. The Morgan fingerprint density at radius 1 is 1.33 bits per heavy atom. The molecule has 0 aromatic heterocycles. The third-order valence-electron chi connectivity index (χ3n) is 2.55. The summed E-state index contributed by atoms with van der Waals surface area (Å²) in [5, 5.41) is 0. The molecule has 0 aliphatic carbocycles. The number of benzene rings is 1. The first-order chi connectivity index (χ1) is 7.17. The summed E-state index contributed by atoms with van der Waals surface area (Å²) >= 11 is 0. The summed E-state index contributed by atoms with van der Waals surface area (Å²) in [6, 6.07) is 8.25. The molecule has 2 N–H and O–H groups in total. The molecule has 1 aromatic rings. The summed E-state index contributed by atoms with van der Waals surface area (Å²) in [6.45, 7) is 7.02. The monoisotopic (exact) mass is 207 g/mol. The van der Waals surface area contributed by atoms with Gasteiger partial charge in [0, 0.05) is 6.54 Å². The predicted molar refractivity (Wildman–Crippen MR) is 64.3 cm³/mol. The van der Waals surface area contributed by atoms with Crippen molar-refractivity contribution in [1.82, 2.24) is 0 Å². The van der Waals surface area contributed by atoms with Crippen molar-refractivity contribution < 1.29 is 4.74 Å². The van der Waals surface area contributed by atoms with E-state index >= 15 is 0 Å². The molecule has 1 unspecified atom stereocenters. The van der Waals surface area contributed by atoms with Crippen LogP contribution in [0.1, 0.15) is 38.7 Å². The highest BCUT2D eigenvalue weighted by Crippen LogP contribution is 2.21. The van der Waals surface area contributed by atoms with Gasteiger partial charge in [-0.1, -0.05) is 32.9 Å². The summed E-state index contributed by atoms with van der Waals surface area (Å²) < 4.78 is 5.78. The van der Waals surface area contributed by atoms with Crippen LogP contribution in [0.4, 0.5) is 0 Å². The highest BCUT2D eigenvalue weighted by atomic mass is 16.5. The molecule has 0 aliphatic heterocycles. The minimum Gasteiger partial charge on any atom is -0.489 e. The van der Waals surface area contributed by atoms with Crippen molar-refractivity contribution in [3.05, 3.63) is 29.8 Å². The molecule has 0 radical (unpaired) electrons. The van der Waals surface area contributed by atoms with Gasteiger partial charge in [-0.2, -0.15) is 0 Å². The minimum absolute atomic E-state index is 0.132. The smallest absolute Gasteiger partial charge is 0.120 e. The molecule has 0 bridgehead atoms. The van der Waals surface area contributed by atoms with E-state index in [1.807, 2.05) is 12.1 Å². The summed E-state index contributed by atoms with van der Waals surface area (Å²) in [7, 11) is 0. The average Bonchev–Trinajstić information content (AvgIpc) is 2.26. The van der Waals surface area contributed by atoms with Gasteiger partial charge in [-0.15, -0.1) is 0 Å². The van der Waals surface area contributed by atoms with Crippen LogP contribution in [0.5, 0.6) is 5.75 Å². The van der Waals surface area contributed by atoms with Crippen LogP contribution in [0.25, 0.3) is 0 Å². The summed E-state index contributed by atoms with van der Waals surface area (Å²) in [5.74, 6) is 1.46. The zero-order chi connectivity index (χ0) is 11.3. The van der Waals surface area contributed by atoms with Crippen molar-refractivity contribution in [2.75, 3.05) is 6.54 Å². The molecule has 0 saturated carbocycles. The standard InChI is InChI=1S/C13H21NO/c1-4-12(9-14)15-13-7-5-6-11(8-13)10(2)3/h5-8,10,12H,4,9,14H2,1-3H3. The normalized spacial score (nSPS) is 12.9. The summed E-state index contributed by atoms with van der Waals surface area (Å²) in [5.41, 5.74) is 6.91. The number of hydrogen-bond acceptors (Lipinski definition) is 2. The van der Waals surface area contributed by atoms with Crippen molar-refractivity contribution >= 4 is 0 Å². The second-order valence-electron chi connectivity index (χ2n) is 4.11. The van der Waals surface area contributed by atoms with Gasteiger partial charge in [0.2, 0.25) is 0 Å². The molecule has 1 rings (SSSR count). The van der Waals surface area contributed by atoms with Crippen LogP contribution < -0.4 is 10.5 Å². The lowest BCUT2D eigenvalue weighted by molar-refractivity contribution is 0.205. The first-order valence-corrected chi connectivity index (χ1v) is 5.64. The van der Waals surface area contributed by atoms with E-state index in [1.54, 1.807) is 0 Å². The fourth-order valence-electron chi connectivity index (χ4n) is 1.44. The molecule has 0 heterocycles. The predicted octanol–water partition coefficient (Wildman–Crippen LogP) is 2.93. The molecule has 2 heteroatoms. The Labute approximate surface area is 92.4 Å². The molecule has 2 nitrogen and oxygen atoms in total.